The highest BCUT2D eigenvalue weighted by Gasteiger charge is 2.16. The van der Waals surface area contributed by atoms with Crippen molar-refractivity contribution in [3.05, 3.63) is 47.5 Å². The number of ether oxygens (including phenoxy) is 2. The van der Waals surface area contributed by atoms with Gasteiger partial charge in [0.15, 0.2) is 5.76 Å². The minimum absolute atomic E-state index is 0.128. The second-order valence-corrected chi connectivity index (χ2v) is 6.81. The highest BCUT2D eigenvalue weighted by molar-refractivity contribution is 5.96. The van der Waals surface area contributed by atoms with Crippen molar-refractivity contribution in [2.75, 3.05) is 41.5 Å². The fraction of sp³-hybridized carbons (Fsp3) is 0.524. The van der Waals surface area contributed by atoms with Crippen LogP contribution in [-0.2, 0) is 14.3 Å². The molecule has 0 saturated carbocycles. The molecule has 28 heavy (non-hydrogen) atoms. The smallest absolute Gasteiger partial charge is 0.254 e. The monoisotopic (exact) mass is 393 g/mol. The van der Waals surface area contributed by atoms with Crippen LogP contribution in [0.2, 0.25) is 0 Å². The normalized spacial score (nSPS) is 16.8. The molecular weight excluding hydrogens is 361 g/mol. The summed E-state index contributed by atoms with van der Waals surface area (Å²) >= 11 is 0. The van der Waals surface area contributed by atoms with E-state index in [1.807, 2.05) is 31.0 Å². The third kappa shape index (κ3) is 7.98. The number of methoxy groups -OCH3 is 2. The molecule has 0 radical (unpaired) electrons. The van der Waals surface area contributed by atoms with Crippen LogP contribution < -0.4 is 0 Å². The molecule has 7 heteroatoms. The summed E-state index contributed by atoms with van der Waals surface area (Å²) < 4.78 is 23.4. The van der Waals surface area contributed by atoms with Gasteiger partial charge in [-0.15, -0.1) is 0 Å². The SMILES string of the molecule is COC1=C(OC)CC=C(C(=O)N(C)CN=CN(C)CC(C)/C=C\C(C)F)C=C1. The average molecular weight is 394 g/mol. The van der Waals surface area contributed by atoms with Gasteiger partial charge < -0.3 is 19.3 Å². The number of nitrogens with zero attached hydrogens (tertiary/aromatic N) is 3. The number of allylic oxidation sites excluding steroid dienone is 3. The Kier molecular flexibility index (Phi) is 10.1. The van der Waals surface area contributed by atoms with Crippen molar-refractivity contribution in [3.8, 4) is 0 Å². The minimum atomic E-state index is -0.941. The second-order valence-electron chi connectivity index (χ2n) is 6.81. The van der Waals surface area contributed by atoms with E-state index in [1.165, 1.54) is 6.92 Å². The summed E-state index contributed by atoms with van der Waals surface area (Å²) in [6.07, 6.45) is 9.90. The zero-order chi connectivity index (χ0) is 21.1. The summed E-state index contributed by atoms with van der Waals surface area (Å²) in [6, 6.07) is 0. The lowest BCUT2D eigenvalue weighted by molar-refractivity contribution is -0.125. The molecule has 1 aliphatic carbocycles. The van der Waals surface area contributed by atoms with Gasteiger partial charge in [-0.05, 0) is 25.0 Å². The van der Waals surface area contributed by atoms with Crippen molar-refractivity contribution >= 4 is 12.2 Å². The van der Waals surface area contributed by atoms with E-state index >= 15 is 0 Å². The van der Waals surface area contributed by atoms with Crippen LogP contribution in [0.1, 0.15) is 20.3 Å². The molecule has 0 aromatic carbocycles. The Morgan fingerprint density at radius 2 is 1.96 bits per heavy atom. The summed E-state index contributed by atoms with van der Waals surface area (Å²) in [6.45, 7) is 4.47. The molecule has 0 N–H and O–H groups in total. The van der Waals surface area contributed by atoms with Crippen molar-refractivity contribution < 1.29 is 18.7 Å². The predicted octanol–water partition coefficient (Wildman–Crippen LogP) is 3.30. The number of aliphatic imine (C=N–C) groups is 1. The molecule has 0 aromatic rings. The number of halogens is 1. The standard InChI is InChI=1S/C21H32FN3O3/c1-16(7-8-17(2)22)13-24(3)14-23-15-25(4)21(26)18-9-11-19(27-5)20(28-6)12-10-18/h7-11,14,16-17H,12-13,15H2,1-6H3/b8-7-,23-14?. The Hall–Kier alpha value is -2.57. The Labute approximate surface area is 167 Å². The molecule has 0 aromatic heterocycles. The van der Waals surface area contributed by atoms with Crippen molar-refractivity contribution in [2.45, 2.75) is 26.4 Å². The van der Waals surface area contributed by atoms with Gasteiger partial charge in [-0.25, -0.2) is 4.39 Å². The number of amides is 1. The summed E-state index contributed by atoms with van der Waals surface area (Å²) in [5.74, 6) is 1.35. The van der Waals surface area contributed by atoms with Gasteiger partial charge in [0.2, 0.25) is 0 Å². The maximum absolute atomic E-state index is 12.8. The van der Waals surface area contributed by atoms with Crippen LogP contribution in [0.4, 0.5) is 4.39 Å². The van der Waals surface area contributed by atoms with Gasteiger partial charge in [-0.1, -0.05) is 25.2 Å². The van der Waals surface area contributed by atoms with Crippen molar-refractivity contribution in [1.82, 2.24) is 9.80 Å². The quantitative estimate of drug-likeness (QED) is 0.325. The number of carbonyl (C=O) groups excluding carboxylic acids is 1. The van der Waals surface area contributed by atoms with E-state index in [0.717, 1.165) is 0 Å². The molecule has 0 saturated heterocycles. The third-order valence-corrected chi connectivity index (χ3v) is 4.11. The molecule has 1 aliphatic rings. The molecule has 156 valence electrons. The summed E-state index contributed by atoms with van der Waals surface area (Å²) in [5, 5.41) is 0. The molecule has 0 bridgehead atoms. The Morgan fingerprint density at radius 3 is 2.57 bits per heavy atom. The van der Waals surface area contributed by atoms with Crippen LogP contribution in [0, 0.1) is 5.92 Å². The fourth-order valence-electron chi connectivity index (χ4n) is 2.64. The van der Waals surface area contributed by atoms with Gasteiger partial charge >= 0.3 is 0 Å². The molecule has 6 nitrogen and oxygen atoms in total. The highest BCUT2D eigenvalue weighted by Crippen LogP contribution is 2.19. The lowest BCUT2D eigenvalue weighted by Gasteiger charge is -2.18. The Balaban J connectivity index is 2.57. The van der Waals surface area contributed by atoms with Crippen LogP contribution in [-0.4, -0.2) is 69.7 Å². The van der Waals surface area contributed by atoms with E-state index in [1.54, 1.807) is 50.7 Å². The van der Waals surface area contributed by atoms with E-state index in [2.05, 4.69) is 4.99 Å². The first-order chi connectivity index (χ1) is 13.3. The lowest BCUT2D eigenvalue weighted by Crippen LogP contribution is -2.29. The number of likely N-dealkylation sites (N-methyl/N-ethyl adjacent to an activating group) is 1. The molecule has 2 atom stereocenters. The maximum Gasteiger partial charge on any atom is 0.254 e. The molecule has 0 spiro atoms. The first-order valence-corrected chi connectivity index (χ1v) is 9.25. The van der Waals surface area contributed by atoms with Crippen LogP contribution in [0.15, 0.2) is 52.5 Å². The van der Waals surface area contributed by atoms with Gasteiger partial charge in [0.25, 0.3) is 5.91 Å². The lowest BCUT2D eigenvalue weighted by atomic mass is 10.1. The van der Waals surface area contributed by atoms with Crippen LogP contribution in [0.3, 0.4) is 0 Å². The molecule has 2 unspecified atom stereocenters. The second kappa shape index (κ2) is 12.0. The number of alkyl halides is 1. The fourth-order valence-corrected chi connectivity index (χ4v) is 2.64. The number of hydrogen-bond acceptors (Lipinski definition) is 4. The van der Waals surface area contributed by atoms with Crippen molar-refractivity contribution in [2.24, 2.45) is 10.9 Å². The predicted molar refractivity (Wildman–Crippen MR) is 111 cm³/mol. The maximum atomic E-state index is 12.8. The van der Waals surface area contributed by atoms with Crippen LogP contribution in [0.5, 0.6) is 0 Å². The molecule has 0 aliphatic heterocycles. The summed E-state index contributed by atoms with van der Waals surface area (Å²) in [7, 11) is 6.75. The molecule has 1 amide bonds. The number of rotatable bonds is 10. The van der Waals surface area contributed by atoms with E-state index in [0.29, 0.717) is 30.1 Å². The average Bonchev–Trinajstić information content (AvgIpc) is 2.87. The summed E-state index contributed by atoms with van der Waals surface area (Å²) in [4.78, 5) is 20.4. The molecular formula is C21H32FN3O3. The zero-order valence-corrected chi connectivity index (χ0v) is 17.7. The third-order valence-electron chi connectivity index (χ3n) is 4.11. The number of carbonyl (C=O) groups is 1. The first-order valence-electron chi connectivity index (χ1n) is 9.25. The van der Waals surface area contributed by atoms with Gasteiger partial charge in [0, 0.05) is 32.6 Å². The van der Waals surface area contributed by atoms with E-state index < -0.39 is 6.17 Å². The highest BCUT2D eigenvalue weighted by atomic mass is 19.1. The Morgan fingerprint density at radius 1 is 1.25 bits per heavy atom. The van der Waals surface area contributed by atoms with E-state index in [-0.39, 0.29) is 18.5 Å². The molecule has 0 fully saturated rings. The topological polar surface area (TPSA) is 54.4 Å². The number of hydrogen-bond donors (Lipinski definition) is 0. The van der Waals surface area contributed by atoms with Gasteiger partial charge in [-0.2, -0.15) is 0 Å². The van der Waals surface area contributed by atoms with Gasteiger partial charge in [0.05, 0.1) is 20.6 Å². The van der Waals surface area contributed by atoms with Gasteiger partial charge in [0.1, 0.15) is 18.6 Å². The molecule has 1 rings (SSSR count). The van der Waals surface area contributed by atoms with Crippen molar-refractivity contribution in [3.63, 3.8) is 0 Å². The largest absolute Gasteiger partial charge is 0.497 e. The van der Waals surface area contributed by atoms with Crippen molar-refractivity contribution in [1.29, 1.82) is 0 Å². The van der Waals surface area contributed by atoms with E-state index in [4.69, 9.17) is 9.47 Å². The summed E-state index contributed by atoms with van der Waals surface area (Å²) in [5.41, 5.74) is 0.562. The zero-order valence-electron chi connectivity index (χ0n) is 17.7. The Bertz CT molecular complexity index is 666. The van der Waals surface area contributed by atoms with Crippen LogP contribution in [0.25, 0.3) is 0 Å². The van der Waals surface area contributed by atoms with Gasteiger partial charge in [-0.3, -0.25) is 9.79 Å². The molecule has 0 heterocycles. The van der Waals surface area contributed by atoms with E-state index in [9.17, 15) is 9.18 Å². The first kappa shape index (κ1) is 23.5. The minimum Gasteiger partial charge on any atom is -0.497 e. The van der Waals surface area contributed by atoms with Crippen LogP contribution >= 0.6 is 0 Å².